The quantitative estimate of drug-likeness (QED) is 0.862. The summed E-state index contributed by atoms with van der Waals surface area (Å²) in [6.07, 6.45) is 4.01. The van der Waals surface area contributed by atoms with E-state index < -0.39 is 13.8 Å². The Balaban J connectivity index is 2.07. The van der Waals surface area contributed by atoms with Crippen molar-refractivity contribution in [3.05, 3.63) is 29.5 Å². The number of likely N-dealkylation sites (N-methyl/N-ethyl adjacent to an activating group) is 1. The smallest absolute Gasteiger partial charge is 0.0459 e. The molecule has 0 amide bonds. The number of thioether (sulfide) groups is 1. The second-order valence-electron chi connectivity index (χ2n) is 5.08. The number of rotatable bonds is 3. The van der Waals surface area contributed by atoms with Crippen molar-refractivity contribution in [1.29, 1.82) is 0 Å². The number of nitrogens with zero attached hydrogens (tertiary/aromatic N) is 1. The number of fused-ring (bicyclic) bond motifs is 1. The number of aromatic nitrogens is 1. The van der Waals surface area contributed by atoms with Gasteiger partial charge in [0, 0.05) is 35.8 Å². The third-order valence-electron chi connectivity index (χ3n) is 3.93. The van der Waals surface area contributed by atoms with E-state index in [9.17, 15) is 0 Å². The van der Waals surface area contributed by atoms with Crippen molar-refractivity contribution in [3.63, 3.8) is 0 Å². The molecule has 19 heavy (non-hydrogen) atoms. The number of hydrogen-bond acceptors (Lipinski definition) is 2. The fourth-order valence-electron chi connectivity index (χ4n) is 2.85. The van der Waals surface area contributed by atoms with Crippen LogP contribution in [0.1, 0.15) is 32.3 Å². The predicted molar refractivity (Wildman–Crippen MR) is 84.2 cm³/mol. The van der Waals surface area contributed by atoms with Gasteiger partial charge in [-0.3, -0.25) is 0 Å². The summed E-state index contributed by atoms with van der Waals surface area (Å²) < 4.78 is 46.8. The van der Waals surface area contributed by atoms with E-state index in [2.05, 4.69) is 4.98 Å². The SMILES string of the molecule is [2H]C([2H])([2H])c1[nH]c2ccc(SC)cc2c1C[C@H]1CCCN1C([2H])([2H])[2H]. The average Bonchev–Trinajstić information content (AvgIpc) is 3.11. The summed E-state index contributed by atoms with van der Waals surface area (Å²) >= 11 is 1.60. The lowest BCUT2D eigenvalue weighted by Gasteiger charge is -2.19. The fourth-order valence-corrected chi connectivity index (χ4v) is 3.29. The Morgan fingerprint density at radius 3 is 3.26 bits per heavy atom. The number of likely N-dealkylation sites (tertiary alicyclic amines) is 1. The minimum absolute atomic E-state index is 0.162. The van der Waals surface area contributed by atoms with Crippen LogP contribution < -0.4 is 0 Å². The molecular weight excluding hydrogens is 252 g/mol. The summed E-state index contributed by atoms with van der Waals surface area (Å²) in [5.41, 5.74) is 1.75. The molecule has 0 spiro atoms. The lowest BCUT2D eigenvalue weighted by molar-refractivity contribution is 0.309. The van der Waals surface area contributed by atoms with Crippen LogP contribution >= 0.6 is 11.8 Å². The van der Waals surface area contributed by atoms with Gasteiger partial charge < -0.3 is 9.88 Å². The van der Waals surface area contributed by atoms with E-state index in [0.29, 0.717) is 13.0 Å². The second-order valence-corrected chi connectivity index (χ2v) is 5.96. The first kappa shape index (κ1) is 7.75. The molecule has 2 aromatic rings. The van der Waals surface area contributed by atoms with Crippen molar-refractivity contribution in [2.24, 2.45) is 0 Å². The van der Waals surface area contributed by atoms with E-state index in [1.165, 1.54) is 4.90 Å². The highest BCUT2D eigenvalue weighted by Gasteiger charge is 2.23. The van der Waals surface area contributed by atoms with Gasteiger partial charge in [0.2, 0.25) is 0 Å². The molecule has 2 heterocycles. The van der Waals surface area contributed by atoms with Gasteiger partial charge in [0.05, 0.1) is 0 Å². The van der Waals surface area contributed by atoms with Crippen molar-refractivity contribution in [1.82, 2.24) is 9.88 Å². The summed E-state index contributed by atoms with van der Waals surface area (Å²) in [6, 6.07) is 5.69. The third kappa shape index (κ3) is 2.41. The Hall–Kier alpha value is -0.930. The van der Waals surface area contributed by atoms with Crippen LogP contribution in [-0.2, 0) is 6.42 Å². The van der Waals surface area contributed by atoms with Crippen LogP contribution in [0.3, 0.4) is 0 Å². The first-order valence-corrected chi connectivity index (χ1v) is 7.79. The molecule has 1 aromatic heterocycles. The van der Waals surface area contributed by atoms with Gasteiger partial charge in [-0.1, -0.05) is 0 Å². The lowest BCUT2D eigenvalue weighted by atomic mass is 10.0. The van der Waals surface area contributed by atoms with Crippen molar-refractivity contribution in [3.8, 4) is 0 Å². The molecule has 3 heteroatoms. The van der Waals surface area contributed by atoms with Gasteiger partial charge in [0.25, 0.3) is 0 Å². The molecule has 1 fully saturated rings. The first-order valence-electron chi connectivity index (χ1n) is 9.57. The zero-order valence-corrected chi connectivity index (χ0v) is 11.8. The van der Waals surface area contributed by atoms with Crippen LogP contribution in [0.2, 0.25) is 0 Å². The van der Waals surface area contributed by atoms with Gasteiger partial charge >= 0.3 is 0 Å². The van der Waals surface area contributed by atoms with Gasteiger partial charge in [0.15, 0.2) is 0 Å². The molecule has 3 rings (SSSR count). The molecule has 0 saturated carbocycles. The molecule has 2 nitrogen and oxygen atoms in total. The number of aryl methyl sites for hydroxylation is 1. The van der Waals surface area contributed by atoms with E-state index in [1.807, 2.05) is 24.5 Å². The highest BCUT2D eigenvalue weighted by atomic mass is 32.2. The van der Waals surface area contributed by atoms with Crippen molar-refractivity contribution >= 4 is 22.7 Å². The summed E-state index contributed by atoms with van der Waals surface area (Å²) in [6.45, 7) is -3.86. The van der Waals surface area contributed by atoms with Crippen LogP contribution in [0, 0.1) is 6.85 Å². The summed E-state index contributed by atoms with van der Waals surface area (Å²) in [5.74, 6) is 0. The fraction of sp³-hybridized carbons (Fsp3) is 0.500. The lowest BCUT2D eigenvalue weighted by Crippen LogP contribution is -2.26. The second kappa shape index (κ2) is 5.22. The summed E-state index contributed by atoms with van der Waals surface area (Å²) in [7, 11) is 0. The number of nitrogens with one attached hydrogen (secondary N) is 1. The van der Waals surface area contributed by atoms with Crippen LogP contribution in [0.5, 0.6) is 0 Å². The Labute approximate surface area is 128 Å². The number of aromatic amines is 1. The summed E-state index contributed by atoms with van der Waals surface area (Å²) in [5, 5.41) is 0.885. The molecule has 0 bridgehead atoms. The van der Waals surface area contributed by atoms with E-state index in [4.69, 9.17) is 8.22 Å². The molecule has 1 aliphatic rings. The maximum atomic E-state index is 7.86. The molecule has 0 aliphatic carbocycles. The van der Waals surface area contributed by atoms with Crippen LogP contribution in [0.15, 0.2) is 23.1 Å². The largest absolute Gasteiger partial charge is 0.358 e. The number of H-pyrrole nitrogens is 1. The zero-order valence-electron chi connectivity index (χ0n) is 17.0. The van der Waals surface area contributed by atoms with Crippen molar-refractivity contribution in [2.75, 3.05) is 19.8 Å². The summed E-state index contributed by atoms with van der Waals surface area (Å²) in [4.78, 5) is 5.65. The molecule has 0 unspecified atom stereocenters. The minimum Gasteiger partial charge on any atom is -0.358 e. The number of benzene rings is 1. The molecule has 1 atom stereocenters. The average molecular weight is 280 g/mol. The molecular formula is C16H22N2S. The predicted octanol–water partition coefficient (Wildman–Crippen LogP) is 3.83. The zero-order chi connectivity index (χ0) is 18.4. The minimum atomic E-state index is -2.25. The van der Waals surface area contributed by atoms with Gasteiger partial charge in [0.1, 0.15) is 0 Å². The molecule has 1 N–H and O–H groups in total. The van der Waals surface area contributed by atoms with Crippen molar-refractivity contribution < 1.29 is 8.22 Å². The van der Waals surface area contributed by atoms with Gasteiger partial charge in [-0.05, 0) is 69.7 Å². The molecule has 1 aliphatic heterocycles. The Morgan fingerprint density at radius 2 is 2.47 bits per heavy atom. The van der Waals surface area contributed by atoms with E-state index in [-0.39, 0.29) is 11.7 Å². The molecule has 1 saturated heterocycles. The standard InChI is InChI=1S/C16H22N2S/c1-11-14(9-12-5-4-8-18(12)2)15-10-13(19-3)6-7-16(15)17-11/h6-7,10,12,17H,4-5,8-9H2,1-3H3/t12-/m1/s1/i1D3,2D3. The topological polar surface area (TPSA) is 19.0 Å². The van der Waals surface area contributed by atoms with Crippen LogP contribution in [0.25, 0.3) is 10.9 Å². The molecule has 102 valence electrons. The Bertz CT molecular complexity index is 764. The maximum Gasteiger partial charge on any atom is 0.0459 e. The highest BCUT2D eigenvalue weighted by Crippen LogP contribution is 2.30. The van der Waals surface area contributed by atoms with E-state index >= 15 is 0 Å². The third-order valence-corrected chi connectivity index (χ3v) is 4.66. The van der Waals surface area contributed by atoms with Gasteiger partial charge in [-0.15, -0.1) is 11.8 Å². The van der Waals surface area contributed by atoms with E-state index in [1.54, 1.807) is 11.8 Å². The molecule has 1 aromatic carbocycles. The number of hydrogen-bond donors (Lipinski definition) is 1. The Morgan fingerprint density at radius 1 is 1.53 bits per heavy atom. The monoisotopic (exact) mass is 280 g/mol. The normalized spacial score (nSPS) is 26.5. The highest BCUT2D eigenvalue weighted by molar-refractivity contribution is 7.98. The van der Waals surface area contributed by atoms with Gasteiger partial charge in [-0.2, -0.15) is 0 Å². The van der Waals surface area contributed by atoms with Crippen molar-refractivity contribution in [2.45, 2.75) is 37.1 Å². The van der Waals surface area contributed by atoms with E-state index in [0.717, 1.165) is 34.2 Å². The van der Waals surface area contributed by atoms with Crippen LogP contribution in [-0.4, -0.2) is 35.7 Å². The van der Waals surface area contributed by atoms with Gasteiger partial charge in [-0.25, -0.2) is 0 Å². The maximum absolute atomic E-state index is 7.86. The first-order chi connectivity index (χ1) is 11.6. The van der Waals surface area contributed by atoms with Crippen LogP contribution in [0.4, 0.5) is 0 Å². The molecule has 0 radical (unpaired) electrons. The Kier molecular flexibility index (Phi) is 2.13.